The average molecular weight is 136 g/mol. The van der Waals surface area contributed by atoms with E-state index >= 15 is 0 Å². The smallest absolute Gasteiger partial charge is 0.145 e. The minimum Gasteiger partial charge on any atom is -0.298 e. The van der Waals surface area contributed by atoms with Gasteiger partial charge in [0.1, 0.15) is 6.29 Å². The van der Waals surface area contributed by atoms with Crippen molar-refractivity contribution in [2.45, 2.75) is 13.8 Å². The van der Waals surface area contributed by atoms with Crippen molar-refractivity contribution in [3.63, 3.8) is 0 Å². The fraction of sp³-hybridized carbons (Fsp3) is 0.222. The predicted octanol–water partition coefficient (Wildman–Crippen LogP) is 2.26. The van der Waals surface area contributed by atoms with E-state index in [2.05, 4.69) is 6.58 Å². The van der Waals surface area contributed by atoms with Gasteiger partial charge in [-0.15, -0.1) is 0 Å². The number of rotatable bonds is 3. The molecule has 0 spiro atoms. The summed E-state index contributed by atoms with van der Waals surface area (Å²) < 4.78 is 0. The Balaban J connectivity index is 3.93. The van der Waals surface area contributed by atoms with Crippen LogP contribution in [0.4, 0.5) is 0 Å². The Bertz CT molecular complexity index is 185. The lowest BCUT2D eigenvalue weighted by molar-refractivity contribution is -0.104. The highest BCUT2D eigenvalue weighted by molar-refractivity contribution is 5.72. The Labute approximate surface area is 61.8 Å². The van der Waals surface area contributed by atoms with E-state index in [0.717, 1.165) is 17.4 Å². The van der Waals surface area contributed by atoms with E-state index in [1.165, 1.54) is 0 Å². The highest BCUT2D eigenvalue weighted by Crippen LogP contribution is 1.92. The van der Waals surface area contributed by atoms with Crippen LogP contribution in [0.3, 0.4) is 0 Å². The molecule has 0 heterocycles. The maximum absolute atomic E-state index is 10.1. The van der Waals surface area contributed by atoms with Gasteiger partial charge in [-0.3, -0.25) is 4.79 Å². The van der Waals surface area contributed by atoms with Crippen molar-refractivity contribution in [2.75, 3.05) is 0 Å². The Morgan fingerprint density at radius 1 is 1.40 bits per heavy atom. The molecule has 0 unspecified atom stereocenters. The first-order valence-corrected chi connectivity index (χ1v) is 3.12. The topological polar surface area (TPSA) is 17.1 Å². The van der Waals surface area contributed by atoms with Gasteiger partial charge in [-0.25, -0.2) is 0 Å². The molecule has 0 N–H and O–H groups in total. The predicted molar refractivity (Wildman–Crippen MR) is 43.8 cm³/mol. The van der Waals surface area contributed by atoms with Gasteiger partial charge in [0, 0.05) is 0 Å². The van der Waals surface area contributed by atoms with Crippen molar-refractivity contribution < 1.29 is 4.79 Å². The van der Waals surface area contributed by atoms with Crippen LogP contribution in [-0.2, 0) is 4.79 Å². The van der Waals surface area contributed by atoms with Crippen LogP contribution in [-0.4, -0.2) is 6.29 Å². The standard InChI is InChI=1S/C9H12O/c1-8(2)5-4-6-9(3)7-10/h4-7H,1H2,2-3H3. The summed E-state index contributed by atoms with van der Waals surface area (Å²) in [5.74, 6) is 0. The van der Waals surface area contributed by atoms with Gasteiger partial charge >= 0.3 is 0 Å². The molecule has 0 rings (SSSR count). The monoisotopic (exact) mass is 136 g/mol. The largest absolute Gasteiger partial charge is 0.298 e. The second-order valence-electron chi connectivity index (χ2n) is 2.23. The molecule has 0 aromatic rings. The van der Waals surface area contributed by atoms with Gasteiger partial charge in [0.15, 0.2) is 0 Å². The summed E-state index contributed by atoms with van der Waals surface area (Å²) in [5.41, 5.74) is 1.70. The Morgan fingerprint density at radius 2 is 2.00 bits per heavy atom. The molecular weight excluding hydrogens is 124 g/mol. The lowest BCUT2D eigenvalue weighted by atomic mass is 10.2. The van der Waals surface area contributed by atoms with Crippen molar-refractivity contribution in [3.05, 3.63) is 36.0 Å². The van der Waals surface area contributed by atoms with E-state index in [4.69, 9.17) is 0 Å². The Kier molecular flexibility index (Phi) is 4.21. The molecule has 0 radical (unpaired) electrons. The molecule has 1 heteroatoms. The third-order valence-electron chi connectivity index (χ3n) is 0.926. The van der Waals surface area contributed by atoms with Crippen LogP contribution in [0.1, 0.15) is 13.8 Å². The highest BCUT2D eigenvalue weighted by atomic mass is 16.1. The molecule has 0 saturated heterocycles. The van der Waals surface area contributed by atoms with Gasteiger partial charge in [-0.1, -0.05) is 30.4 Å². The van der Waals surface area contributed by atoms with Crippen molar-refractivity contribution in [1.29, 1.82) is 0 Å². The zero-order valence-corrected chi connectivity index (χ0v) is 6.42. The molecule has 0 bridgehead atoms. The van der Waals surface area contributed by atoms with Crippen molar-refractivity contribution in [3.8, 4) is 0 Å². The van der Waals surface area contributed by atoms with Gasteiger partial charge in [0.2, 0.25) is 0 Å². The van der Waals surface area contributed by atoms with E-state index in [0.29, 0.717) is 0 Å². The molecule has 0 saturated carbocycles. The van der Waals surface area contributed by atoms with E-state index in [-0.39, 0.29) is 0 Å². The number of aldehydes is 1. The summed E-state index contributed by atoms with van der Waals surface area (Å²) in [6, 6.07) is 0. The van der Waals surface area contributed by atoms with E-state index in [1.807, 2.05) is 19.1 Å². The number of allylic oxidation sites excluding steroid dienone is 5. The normalized spacial score (nSPS) is 12.0. The molecule has 0 aliphatic rings. The second kappa shape index (κ2) is 4.74. The van der Waals surface area contributed by atoms with E-state index in [1.54, 1.807) is 13.0 Å². The third-order valence-corrected chi connectivity index (χ3v) is 0.926. The lowest BCUT2D eigenvalue weighted by Gasteiger charge is -1.82. The third kappa shape index (κ3) is 5.04. The zero-order valence-electron chi connectivity index (χ0n) is 6.42. The van der Waals surface area contributed by atoms with Crippen LogP contribution in [0.5, 0.6) is 0 Å². The summed E-state index contributed by atoms with van der Waals surface area (Å²) in [5, 5.41) is 0. The van der Waals surface area contributed by atoms with Gasteiger partial charge in [0.25, 0.3) is 0 Å². The van der Waals surface area contributed by atoms with Crippen LogP contribution >= 0.6 is 0 Å². The molecule has 0 aliphatic carbocycles. The molecule has 54 valence electrons. The second-order valence-corrected chi connectivity index (χ2v) is 2.23. The maximum Gasteiger partial charge on any atom is 0.145 e. The lowest BCUT2D eigenvalue weighted by Crippen LogP contribution is -1.72. The molecule has 1 nitrogen and oxygen atoms in total. The number of carbonyl (C=O) groups excluding carboxylic acids is 1. The minimum absolute atomic E-state index is 0.720. The molecule has 0 aliphatic heterocycles. The minimum atomic E-state index is 0.720. The fourth-order valence-electron chi connectivity index (χ4n) is 0.403. The van der Waals surface area contributed by atoms with Crippen LogP contribution in [0, 0.1) is 0 Å². The zero-order chi connectivity index (χ0) is 7.98. The van der Waals surface area contributed by atoms with Gasteiger partial charge in [-0.2, -0.15) is 0 Å². The van der Waals surface area contributed by atoms with Gasteiger partial charge in [0.05, 0.1) is 0 Å². The first-order valence-electron chi connectivity index (χ1n) is 3.12. The SMILES string of the molecule is C=C(C)C=CC=C(C)C=O. The van der Waals surface area contributed by atoms with Gasteiger partial charge < -0.3 is 0 Å². The summed E-state index contributed by atoms with van der Waals surface area (Å²) in [6.07, 6.45) is 6.24. The number of carbonyl (C=O) groups is 1. The Morgan fingerprint density at radius 3 is 2.40 bits per heavy atom. The first kappa shape index (κ1) is 8.89. The molecule has 0 aromatic carbocycles. The van der Waals surface area contributed by atoms with E-state index < -0.39 is 0 Å². The number of hydrogen-bond donors (Lipinski definition) is 0. The van der Waals surface area contributed by atoms with Crippen LogP contribution < -0.4 is 0 Å². The summed E-state index contributed by atoms with van der Waals surface area (Å²) in [7, 11) is 0. The van der Waals surface area contributed by atoms with Crippen molar-refractivity contribution in [2.24, 2.45) is 0 Å². The molecule has 0 fully saturated rings. The van der Waals surface area contributed by atoms with Crippen molar-refractivity contribution in [1.82, 2.24) is 0 Å². The quantitative estimate of drug-likeness (QED) is 0.330. The highest BCUT2D eigenvalue weighted by Gasteiger charge is 1.77. The Hall–Kier alpha value is -1.11. The maximum atomic E-state index is 10.1. The summed E-state index contributed by atoms with van der Waals surface area (Å²) in [4.78, 5) is 10.1. The summed E-state index contributed by atoms with van der Waals surface area (Å²) >= 11 is 0. The molecular formula is C9H12O. The number of hydrogen-bond acceptors (Lipinski definition) is 1. The fourth-order valence-corrected chi connectivity index (χ4v) is 0.403. The van der Waals surface area contributed by atoms with Crippen LogP contribution in [0.25, 0.3) is 0 Å². The molecule has 0 amide bonds. The van der Waals surface area contributed by atoms with E-state index in [9.17, 15) is 4.79 Å². The van der Waals surface area contributed by atoms with Crippen LogP contribution in [0.2, 0.25) is 0 Å². The van der Waals surface area contributed by atoms with Crippen LogP contribution in [0.15, 0.2) is 36.0 Å². The van der Waals surface area contributed by atoms with Crippen molar-refractivity contribution >= 4 is 6.29 Å². The molecule has 10 heavy (non-hydrogen) atoms. The first-order chi connectivity index (χ1) is 4.66. The summed E-state index contributed by atoms with van der Waals surface area (Å²) in [6.45, 7) is 7.34. The molecule has 0 atom stereocenters. The van der Waals surface area contributed by atoms with Gasteiger partial charge in [-0.05, 0) is 19.4 Å². The molecule has 0 aromatic heterocycles. The average Bonchev–Trinajstić information content (AvgIpc) is 1.87.